The van der Waals surface area contributed by atoms with Crippen LogP contribution in [0.2, 0.25) is 0 Å². The van der Waals surface area contributed by atoms with Gasteiger partial charge >= 0.3 is 0 Å². The van der Waals surface area contributed by atoms with Gasteiger partial charge in [-0.25, -0.2) is 0 Å². The summed E-state index contributed by atoms with van der Waals surface area (Å²) in [6, 6.07) is 28.1. The highest BCUT2D eigenvalue weighted by Gasteiger charge is 2.22. The van der Waals surface area contributed by atoms with Crippen LogP contribution in [0.1, 0.15) is 0 Å². The zero-order valence-electron chi connectivity index (χ0n) is 26.7. The van der Waals surface area contributed by atoms with Crippen LogP contribution < -0.4 is 16.3 Å². The summed E-state index contributed by atoms with van der Waals surface area (Å²) in [7, 11) is 0. The summed E-state index contributed by atoms with van der Waals surface area (Å²) in [5.41, 5.74) is 7.14. The third-order valence-electron chi connectivity index (χ3n) is 9.79. The fourth-order valence-electron chi connectivity index (χ4n) is 7.31. The summed E-state index contributed by atoms with van der Waals surface area (Å²) < 4.78 is 0. The Morgan fingerprint density at radius 3 is 0.882 bits per heavy atom. The van der Waals surface area contributed by atoms with Gasteiger partial charge in [0.2, 0.25) is 0 Å². The number of aromatic nitrogens is 6. The van der Waals surface area contributed by atoms with E-state index in [1.807, 2.05) is 91.0 Å². The molecule has 6 heterocycles. The molecule has 0 spiro atoms. The molecule has 0 unspecified atom stereocenters. The predicted octanol–water partition coefficient (Wildman–Crippen LogP) is 7.86. The predicted molar refractivity (Wildman–Crippen MR) is 203 cm³/mol. The third-order valence-corrected chi connectivity index (χ3v) is 9.79. The van der Waals surface area contributed by atoms with Crippen molar-refractivity contribution in [1.29, 1.82) is 0 Å². The maximum atomic E-state index is 14.8. The number of aromatic amines is 3. The molecule has 0 saturated carbocycles. The average Bonchev–Trinajstić information content (AvgIpc) is 3.18. The minimum Gasteiger partial charge on any atom is -0.354 e. The lowest BCUT2D eigenvalue weighted by molar-refractivity contribution is 1.33. The molecule has 9 nitrogen and oxygen atoms in total. The minimum absolute atomic E-state index is 0.240. The Morgan fingerprint density at radius 2 is 0.608 bits per heavy atom. The van der Waals surface area contributed by atoms with Gasteiger partial charge in [0.25, 0.3) is 0 Å². The molecule has 0 saturated heterocycles. The van der Waals surface area contributed by atoms with Crippen molar-refractivity contribution in [1.82, 2.24) is 29.9 Å². The number of nitrogens with one attached hydrogen (secondary N) is 3. The Labute approximate surface area is 286 Å². The summed E-state index contributed by atoms with van der Waals surface area (Å²) >= 11 is 0. The van der Waals surface area contributed by atoms with Crippen molar-refractivity contribution in [3.63, 3.8) is 0 Å². The van der Waals surface area contributed by atoms with E-state index in [1.165, 1.54) is 0 Å². The lowest BCUT2D eigenvalue weighted by Crippen LogP contribution is -2.15. The Morgan fingerprint density at radius 1 is 0.333 bits per heavy atom. The van der Waals surface area contributed by atoms with Gasteiger partial charge in [0.15, 0.2) is 16.3 Å². The SMILES string of the molecule is O=c1c2cc(-c3ccncc3)ccc2[nH]c2c1c1[nH]c3ccc(-c4ccncc4)cc3c(=O)c1c1[nH]c3ccc(-c4ccncc4)cc3c(=O)c21. The second-order valence-corrected chi connectivity index (χ2v) is 12.6. The number of nitrogens with zero attached hydrogens (tertiary/aromatic N) is 3. The number of rotatable bonds is 3. The molecule has 0 fully saturated rings. The van der Waals surface area contributed by atoms with Gasteiger partial charge in [-0.3, -0.25) is 29.3 Å². The number of hydrogen-bond acceptors (Lipinski definition) is 6. The van der Waals surface area contributed by atoms with Gasteiger partial charge in [0.1, 0.15) is 0 Å². The lowest BCUT2D eigenvalue weighted by atomic mass is 9.96. The van der Waals surface area contributed by atoms with Crippen LogP contribution in [0.15, 0.2) is 143 Å². The zero-order chi connectivity index (χ0) is 34.2. The maximum absolute atomic E-state index is 14.8. The van der Waals surface area contributed by atoms with Crippen molar-refractivity contribution in [3.8, 4) is 33.4 Å². The van der Waals surface area contributed by atoms with Crippen molar-refractivity contribution < 1.29 is 0 Å². The summed E-state index contributed by atoms with van der Waals surface area (Å²) in [5, 5.41) is 2.02. The molecule has 10 aromatic rings. The molecule has 240 valence electrons. The van der Waals surface area contributed by atoms with Gasteiger partial charge < -0.3 is 15.0 Å². The van der Waals surface area contributed by atoms with E-state index in [0.29, 0.717) is 49.3 Å². The normalized spacial score (nSPS) is 11.8. The number of H-pyrrole nitrogens is 3. The van der Waals surface area contributed by atoms with Crippen LogP contribution in [0, 0.1) is 0 Å². The minimum atomic E-state index is -0.296. The lowest BCUT2D eigenvalue weighted by Gasteiger charge is -2.14. The van der Waals surface area contributed by atoms with Crippen molar-refractivity contribution in [3.05, 3.63) is 159 Å². The number of pyridine rings is 6. The second-order valence-electron chi connectivity index (χ2n) is 12.6. The van der Waals surface area contributed by atoms with Gasteiger partial charge in [-0.2, -0.15) is 0 Å². The van der Waals surface area contributed by atoms with Crippen molar-refractivity contribution in [2.75, 3.05) is 0 Å². The first-order valence-electron chi connectivity index (χ1n) is 16.4. The Balaban J connectivity index is 1.38. The Hall–Kier alpha value is -7.26. The highest BCUT2D eigenvalue weighted by molar-refractivity contribution is 6.25. The Bertz CT molecular complexity index is 2870. The van der Waals surface area contributed by atoms with Crippen LogP contribution in [-0.4, -0.2) is 29.9 Å². The van der Waals surface area contributed by atoms with Gasteiger partial charge in [-0.05, 0) is 106 Å². The van der Waals surface area contributed by atoms with E-state index < -0.39 is 0 Å². The van der Waals surface area contributed by atoms with Crippen LogP contribution in [0.4, 0.5) is 0 Å². The molecule has 51 heavy (non-hydrogen) atoms. The number of fused-ring (bicyclic) bond motifs is 9. The molecule has 4 aromatic carbocycles. The molecule has 0 aliphatic carbocycles. The van der Waals surface area contributed by atoms with Crippen LogP contribution >= 0.6 is 0 Å². The maximum Gasteiger partial charge on any atom is 0.199 e. The van der Waals surface area contributed by atoms with E-state index in [4.69, 9.17) is 0 Å². The monoisotopic (exact) mass is 660 g/mol. The highest BCUT2D eigenvalue weighted by Crippen LogP contribution is 2.34. The fourth-order valence-corrected chi connectivity index (χ4v) is 7.31. The average molecular weight is 661 g/mol. The van der Waals surface area contributed by atoms with Gasteiger partial charge in [-0.1, -0.05) is 18.2 Å². The van der Waals surface area contributed by atoms with E-state index in [1.54, 1.807) is 37.2 Å². The molecule has 0 radical (unpaired) electrons. The van der Waals surface area contributed by atoms with Crippen LogP contribution in [-0.2, 0) is 0 Å². The molecule has 0 atom stereocenters. The number of hydrogen-bond donors (Lipinski definition) is 3. The standard InChI is InChI=1S/C42H24N6O3/c49-40-28-19-25(22-7-13-43-14-8-22)1-4-31(28)46-37-34(40)38-36(42(51)30-21-27(3-6-33(30)47-38)24-11-17-45-18-12-24)39-35(37)41(50)29-20-26(2-5-32(29)48-39)23-9-15-44-16-10-23/h1-21H,(H,46,49)(H,47,51)(H,48,50). The summed E-state index contributed by atoms with van der Waals surface area (Å²) in [4.78, 5) is 67.0. The highest BCUT2D eigenvalue weighted by atomic mass is 16.1. The summed E-state index contributed by atoms with van der Waals surface area (Å²) in [6.45, 7) is 0. The molecule has 10 rings (SSSR count). The largest absolute Gasteiger partial charge is 0.354 e. The molecule has 0 aliphatic rings. The van der Waals surface area contributed by atoms with E-state index >= 15 is 0 Å². The smallest absolute Gasteiger partial charge is 0.199 e. The number of benzene rings is 4. The molecule has 6 aromatic heterocycles. The van der Waals surface area contributed by atoms with E-state index in [-0.39, 0.29) is 32.4 Å². The van der Waals surface area contributed by atoms with Gasteiger partial charge in [0.05, 0.1) is 32.7 Å². The first-order valence-corrected chi connectivity index (χ1v) is 16.4. The third kappa shape index (κ3) is 4.35. The van der Waals surface area contributed by atoms with Crippen molar-refractivity contribution >= 4 is 65.4 Å². The summed E-state index contributed by atoms with van der Waals surface area (Å²) in [5.74, 6) is 0. The van der Waals surface area contributed by atoms with Gasteiger partial charge in [-0.15, -0.1) is 0 Å². The van der Waals surface area contributed by atoms with Crippen LogP contribution in [0.5, 0.6) is 0 Å². The van der Waals surface area contributed by atoms with Crippen LogP contribution in [0.3, 0.4) is 0 Å². The first-order chi connectivity index (χ1) is 25.0. The molecule has 0 amide bonds. The van der Waals surface area contributed by atoms with E-state index in [0.717, 1.165) is 33.4 Å². The fraction of sp³-hybridized carbons (Fsp3) is 0. The molecule has 0 bridgehead atoms. The first kappa shape index (κ1) is 28.7. The van der Waals surface area contributed by atoms with E-state index in [9.17, 15) is 14.4 Å². The molecule has 0 aliphatic heterocycles. The van der Waals surface area contributed by atoms with Crippen molar-refractivity contribution in [2.45, 2.75) is 0 Å². The molecule has 9 heteroatoms. The zero-order valence-corrected chi connectivity index (χ0v) is 26.7. The quantitative estimate of drug-likeness (QED) is 0.130. The molecule has 3 N–H and O–H groups in total. The van der Waals surface area contributed by atoms with Crippen LogP contribution in [0.25, 0.3) is 98.8 Å². The summed E-state index contributed by atoms with van der Waals surface area (Å²) in [6.07, 6.45) is 10.2. The van der Waals surface area contributed by atoms with Gasteiger partial charge in [0, 0.05) is 69.9 Å². The Kier molecular flexibility index (Phi) is 6.13. The molecular weight excluding hydrogens is 637 g/mol. The second kappa shape index (κ2) is 10.9. The topological polar surface area (TPSA) is 137 Å². The van der Waals surface area contributed by atoms with Crippen molar-refractivity contribution in [2.24, 2.45) is 0 Å². The van der Waals surface area contributed by atoms with E-state index in [2.05, 4.69) is 29.9 Å². The molecular formula is C42H24N6O3.